The Hall–Kier alpha value is -0.970. The third-order valence-electron chi connectivity index (χ3n) is 2.06. The third kappa shape index (κ3) is 2.88. The molecule has 1 aromatic rings. The summed E-state index contributed by atoms with van der Waals surface area (Å²) in [5.41, 5.74) is -2.43. The maximum atomic E-state index is 12.7. The lowest BCUT2D eigenvalue weighted by atomic mass is 10.0. The van der Waals surface area contributed by atoms with Crippen LogP contribution in [0.25, 0.3) is 0 Å². The Morgan fingerprint density at radius 1 is 1.33 bits per heavy atom. The number of benzene rings is 1. The fourth-order valence-corrected chi connectivity index (χ4v) is 3.13. The molecule has 1 rings (SSSR count). The fourth-order valence-electron chi connectivity index (χ4n) is 1.39. The minimum absolute atomic E-state index is 0.478. The standard InChI is InChI=1S/C9H4Cl2F3NO2S/c10-3-6-7(9(12,13)14)2-1-5(4-15)8(6)18(11,16)17/h1-2H,3H2. The van der Waals surface area contributed by atoms with E-state index in [1.54, 1.807) is 0 Å². The average molecular weight is 318 g/mol. The second-order valence-corrected chi connectivity index (χ2v) is 5.92. The van der Waals surface area contributed by atoms with Crippen LogP contribution in [0.1, 0.15) is 16.7 Å². The summed E-state index contributed by atoms with van der Waals surface area (Å²) in [6.07, 6.45) is -4.78. The first-order valence-corrected chi connectivity index (χ1v) is 7.11. The first-order chi connectivity index (χ1) is 8.12. The van der Waals surface area contributed by atoms with Crippen molar-refractivity contribution in [2.45, 2.75) is 17.0 Å². The van der Waals surface area contributed by atoms with Gasteiger partial charge in [0.25, 0.3) is 9.05 Å². The fraction of sp³-hybridized carbons (Fsp3) is 0.222. The Morgan fingerprint density at radius 2 is 1.89 bits per heavy atom. The van der Waals surface area contributed by atoms with Crippen molar-refractivity contribution in [1.82, 2.24) is 0 Å². The molecule has 1 aromatic carbocycles. The van der Waals surface area contributed by atoms with Crippen LogP contribution in [-0.4, -0.2) is 8.42 Å². The van der Waals surface area contributed by atoms with Crippen molar-refractivity contribution in [2.75, 3.05) is 0 Å². The van der Waals surface area contributed by atoms with Crippen molar-refractivity contribution in [3.8, 4) is 6.07 Å². The highest BCUT2D eigenvalue weighted by atomic mass is 35.7. The number of alkyl halides is 4. The van der Waals surface area contributed by atoms with Crippen molar-refractivity contribution < 1.29 is 21.6 Å². The van der Waals surface area contributed by atoms with Crippen LogP contribution in [-0.2, 0) is 21.1 Å². The van der Waals surface area contributed by atoms with Gasteiger partial charge < -0.3 is 0 Å². The monoisotopic (exact) mass is 317 g/mol. The highest BCUT2D eigenvalue weighted by Gasteiger charge is 2.36. The average Bonchev–Trinajstić information content (AvgIpc) is 2.24. The van der Waals surface area contributed by atoms with Gasteiger partial charge in [-0.25, -0.2) is 8.42 Å². The normalized spacial score (nSPS) is 12.2. The van der Waals surface area contributed by atoms with Gasteiger partial charge in [-0.15, -0.1) is 11.6 Å². The van der Waals surface area contributed by atoms with Gasteiger partial charge in [-0.05, 0) is 12.1 Å². The van der Waals surface area contributed by atoms with Gasteiger partial charge in [0, 0.05) is 22.1 Å². The molecule has 0 aliphatic rings. The minimum atomic E-state index is -4.78. The molecule has 0 heterocycles. The molecule has 0 aromatic heterocycles. The van der Waals surface area contributed by atoms with Gasteiger partial charge in [0.1, 0.15) is 11.0 Å². The number of halogens is 5. The van der Waals surface area contributed by atoms with Crippen LogP contribution < -0.4 is 0 Å². The number of hydrogen-bond acceptors (Lipinski definition) is 3. The summed E-state index contributed by atoms with van der Waals surface area (Å²) in [4.78, 5) is -0.892. The molecule has 3 nitrogen and oxygen atoms in total. The molecule has 9 heteroatoms. The van der Waals surface area contributed by atoms with Gasteiger partial charge in [-0.1, -0.05) is 0 Å². The first-order valence-electron chi connectivity index (χ1n) is 4.26. The molecular formula is C9H4Cl2F3NO2S. The SMILES string of the molecule is N#Cc1ccc(C(F)(F)F)c(CCl)c1S(=O)(=O)Cl. The van der Waals surface area contributed by atoms with E-state index >= 15 is 0 Å². The Morgan fingerprint density at radius 3 is 2.22 bits per heavy atom. The van der Waals surface area contributed by atoms with Gasteiger partial charge in [0.2, 0.25) is 0 Å². The molecule has 98 valence electrons. The van der Waals surface area contributed by atoms with E-state index in [4.69, 9.17) is 27.5 Å². The molecule has 18 heavy (non-hydrogen) atoms. The van der Waals surface area contributed by atoms with Crippen LogP contribution in [0.3, 0.4) is 0 Å². The number of nitrogens with zero attached hydrogens (tertiary/aromatic N) is 1. The third-order valence-corrected chi connectivity index (χ3v) is 3.75. The molecule has 0 atom stereocenters. The van der Waals surface area contributed by atoms with Crippen LogP contribution in [0.15, 0.2) is 17.0 Å². The van der Waals surface area contributed by atoms with Crippen molar-refractivity contribution in [1.29, 1.82) is 5.26 Å². The smallest absolute Gasteiger partial charge is 0.207 e. The molecule has 0 bridgehead atoms. The maximum absolute atomic E-state index is 12.7. The van der Waals surface area contributed by atoms with E-state index < -0.39 is 42.7 Å². The predicted octanol–water partition coefficient (Wildman–Crippen LogP) is 3.24. The topological polar surface area (TPSA) is 57.9 Å². The lowest BCUT2D eigenvalue weighted by molar-refractivity contribution is -0.138. The molecule has 0 spiro atoms. The summed E-state index contributed by atoms with van der Waals surface area (Å²) in [5.74, 6) is -0.731. The van der Waals surface area contributed by atoms with E-state index in [-0.39, 0.29) is 0 Å². The van der Waals surface area contributed by atoms with Crippen LogP contribution in [0.5, 0.6) is 0 Å². The Labute approximate surface area is 110 Å². The molecular weight excluding hydrogens is 314 g/mol. The summed E-state index contributed by atoms with van der Waals surface area (Å²) < 4.78 is 60.5. The van der Waals surface area contributed by atoms with Crippen molar-refractivity contribution in [3.63, 3.8) is 0 Å². The zero-order valence-corrected chi connectivity index (χ0v) is 10.8. The number of hydrogen-bond donors (Lipinski definition) is 0. The zero-order valence-electron chi connectivity index (χ0n) is 8.42. The quantitative estimate of drug-likeness (QED) is 0.621. The Balaban J connectivity index is 3.82. The lowest BCUT2D eigenvalue weighted by Gasteiger charge is -2.14. The van der Waals surface area contributed by atoms with Crippen molar-refractivity contribution in [3.05, 3.63) is 28.8 Å². The number of rotatable bonds is 2. The van der Waals surface area contributed by atoms with Crippen LogP contribution in [0.4, 0.5) is 13.2 Å². The summed E-state index contributed by atoms with van der Waals surface area (Å²) in [6.45, 7) is 0. The molecule has 0 saturated carbocycles. The van der Waals surface area contributed by atoms with E-state index in [9.17, 15) is 21.6 Å². The van der Waals surface area contributed by atoms with Crippen LogP contribution in [0.2, 0.25) is 0 Å². The zero-order chi connectivity index (χ0) is 14.1. The van der Waals surface area contributed by atoms with E-state index in [0.29, 0.717) is 6.07 Å². The van der Waals surface area contributed by atoms with Crippen molar-refractivity contribution >= 4 is 31.3 Å². The second-order valence-electron chi connectivity index (χ2n) is 3.15. The van der Waals surface area contributed by atoms with E-state index in [1.165, 1.54) is 6.07 Å². The lowest BCUT2D eigenvalue weighted by Crippen LogP contribution is -2.12. The Kier molecular flexibility index (Phi) is 4.15. The van der Waals surface area contributed by atoms with Crippen LogP contribution in [0, 0.1) is 11.3 Å². The van der Waals surface area contributed by atoms with Gasteiger partial charge in [-0.3, -0.25) is 0 Å². The van der Waals surface area contributed by atoms with E-state index in [1.807, 2.05) is 0 Å². The minimum Gasteiger partial charge on any atom is -0.207 e. The molecule has 0 aliphatic carbocycles. The Bertz CT molecular complexity index is 620. The van der Waals surface area contributed by atoms with Crippen molar-refractivity contribution in [2.24, 2.45) is 0 Å². The van der Waals surface area contributed by atoms with Gasteiger partial charge in [0.15, 0.2) is 0 Å². The molecule has 0 fully saturated rings. The number of nitriles is 1. The van der Waals surface area contributed by atoms with Gasteiger partial charge in [0.05, 0.1) is 11.1 Å². The molecule has 0 saturated heterocycles. The van der Waals surface area contributed by atoms with E-state index in [0.717, 1.165) is 6.07 Å². The molecule has 0 amide bonds. The highest BCUT2D eigenvalue weighted by Crippen LogP contribution is 2.37. The molecule has 0 N–H and O–H groups in total. The largest absolute Gasteiger partial charge is 0.416 e. The summed E-state index contributed by atoms with van der Waals surface area (Å²) in [6, 6.07) is 2.81. The summed E-state index contributed by atoms with van der Waals surface area (Å²) >= 11 is 5.35. The summed E-state index contributed by atoms with van der Waals surface area (Å²) in [7, 11) is 0.538. The van der Waals surface area contributed by atoms with Gasteiger partial charge >= 0.3 is 6.18 Å². The first kappa shape index (κ1) is 15.1. The highest BCUT2D eigenvalue weighted by molar-refractivity contribution is 8.13. The second kappa shape index (κ2) is 4.96. The van der Waals surface area contributed by atoms with Gasteiger partial charge in [-0.2, -0.15) is 18.4 Å². The van der Waals surface area contributed by atoms with E-state index in [2.05, 4.69) is 0 Å². The molecule has 0 unspecified atom stereocenters. The summed E-state index contributed by atoms with van der Waals surface area (Å²) in [5, 5.41) is 8.70. The predicted molar refractivity (Wildman–Crippen MR) is 58.8 cm³/mol. The van der Waals surface area contributed by atoms with Crippen LogP contribution >= 0.6 is 22.3 Å². The molecule has 0 radical (unpaired) electrons. The maximum Gasteiger partial charge on any atom is 0.416 e. The molecule has 0 aliphatic heterocycles.